The van der Waals surface area contributed by atoms with E-state index in [0.29, 0.717) is 29.2 Å². The Balaban J connectivity index is 1.20. The van der Waals surface area contributed by atoms with Gasteiger partial charge in [-0.15, -0.1) is 0 Å². The number of hydrogen-bond acceptors (Lipinski definition) is 7. The normalized spacial score (nSPS) is 37.4. The number of methoxy groups -OCH3 is 1. The number of amides is 1. The number of ether oxygens (including phenoxy) is 1. The van der Waals surface area contributed by atoms with Gasteiger partial charge >= 0.3 is 5.97 Å². The number of carbonyl (C=O) groups excluding carboxylic acids is 2. The molecule has 3 saturated carbocycles. The van der Waals surface area contributed by atoms with Gasteiger partial charge < -0.3 is 25.0 Å². The Hall–Kier alpha value is -2.94. The second-order valence-corrected chi connectivity index (χ2v) is 12.2. The topological polar surface area (TPSA) is 126 Å². The minimum absolute atomic E-state index is 0.0103. The second-order valence-electron chi connectivity index (χ2n) is 12.2. The summed E-state index contributed by atoms with van der Waals surface area (Å²) >= 11 is 0. The molecule has 9 heteroatoms. The minimum Gasteiger partial charge on any atom is -0.467 e. The molecule has 0 bridgehead atoms. The third-order valence-electron chi connectivity index (χ3n) is 10.3. The fourth-order valence-electron chi connectivity index (χ4n) is 7.86. The van der Waals surface area contributed by atoms with Gasteiger partial charge in [-0.25, -0.2) is 9.78 Å². The lowest BCUT2D eigenvalue weighted by atomic mass is 9.47. The molecule has 9 nitrogen and oxygen atoms in total. The molecule has 0 saturated heterocycles. The molecule has 1 amide bonds. The predicted molar refractivity (Wildman–Crippen MR) is 142 cm³/mol. The number of nitrogens with one attached hydrogen (secondary N) is 2. The number of hydrogen-bond donors (Lipinski definition) is 3. The van der Waals surface area contributed by atoms with Crippen molar-refractivity contribution in [2.45, 2.75) is 77.4 Å². The highest BCUT2D eigenvalue weighted by Gasteiger charge is 2.61. The second kappa shape index (κ2) is 9.98. The Morgan fingerprint density at radius 2 is 2.03 bits per heavy atom. The number of fused-ring (bicyclic) bond motifs is 5. The van der Waals surface area contributed by atoms with E-state index in [2.05, 4.69) is 46.4 Å². The summed E-state index contributed by atoms with van der Waals surface area (Å²) in [5.41, 5.74) is 2.19. The molecule has 206 valence electrons. The molecule has 0 radical (unpaired) electrons. The molecule has 38 heavy (non-hydrogen) atoms. The third-order valence-corrected chi connectivity index (χ3v) is 10.3. The highest BCUT2D eigenvalue weighted by molar-refractivity contribution is 6.05. The first-order valence-corrected chi connectivity index (χ1v) is 13.7. The van der Waals surface area contributed by atoms with Crippen molar-refractivity contribution in [3.8, 4) is 0 Å². The quantitative estimate of drug-likeness (QED) is 0.370. The number of aliphatic hydroxyl groups is 1. The fraction of sp³-hybridized carbons (Fsp3) is 0.655. The summed E-state index contributed by atoms with van der Waals surface area (Å²) in [7, 11) is 1.28. The lowest BCUT2D eigenvalue weighted by molar-refractivity contribution is -0.145. The smallest absolute Gasteiger partial charge is 0.328 e. The molecule has 1 aromatic heterocycles. The predicted octanol–water partition coefficient (Wildman–Crippen LogP) is 3.47. The van der Waals surface area contributed by atoms with Crippen LogP contribution in [0.1, 0.15) is 65.0 Å². The number of allylic oxidation sites excluding steroid dienone is 4. The van der Waals surface area contributed by atoms with Gasteiger partial charge in [0.15, 0.2) is 6.61 Å². The highest BCUT2D eigenvalue weighted by Crippen LogP contribution is 2.66. The first-order valence-electron chi connectivity index (χ1n) is 13.7. The number of carbonyl (C=O) groups is 2. The number of nitrogens with zero attached hydrogens (tertiary/aromatic N) is 2. The van der Waals surface area contributed by atoms with Gasteiger partial charge in [0.25, 0.3) is 5.91 Å². The van der Waals surface area contributed by atoms with Crippen LogP contribution in [0.4, 0.5) is 0 Å². The summed E-state index contributed by atoms with van der Waals surface area (Å²) in [6, 6.07) is -0.849. The lowest BCUT2D eigenvalue weighted by Gasteiger charge is -2.58. The monoisotopic (exact) mass is 524 g/mol. The SMILES string of the molecule is COC(=O)[C@H](Cc1cnc[nH]1)NC(=O)CO/N=C1\C=C[C@@]2(C)C(=C1)CC[C@@H]1[C@@H]2CC[C@@]2(C)[C@H]1CC[C@@]2(C)O. The molecule has 4 aliphatic carbocycles. The van der Waals surface area contributed by atoms with Gasteiger partial charge in [0.2, 0.25) is 0 Å². The number of oxime groups is 1. The molecular formula is C29H40N4O5. The summed E-state index contributed by atoms with van der Waals surface area (Å²) < 4.78 is 4.81. The van der Waals surface area contributed by atoms with E-state index in [1.807, 2.05) is 13.0 Å². The van der Waals surface area contributed by atoms with Crippen molar-refractivity contribution in [3.63, 3.8) is 0 Å². The Kier molecular flexibility index (Phi) is 7.00. The largest absolute Gasteiger partial charge is 0.467 e. The molecule has 3 fully saturated rings. The third kappa shape index (κ3) is 4.59. The van der Waals surface area contributed by atoms with Crippen LogP contribution in [-0.4, -0.2) is 58.0 Å². The molecular weight excluding hydrogens is 484 g/mol. The summed E-state index contributed by atoms with van der Waals surface area (Å²) in [4.78, 5) is 36.8. The zero-order valence-electron chi connectivity index (χ0n) is 22.8. The summed E-state index contributed by atoms with van der Waals surface area (Å²) in [5.74, 6) is 0.752. The number of aromatic nitrogens is 2. The van der Waals surface area contributed by atoms with E-state index in [-0.39, 0.29) is 23.9 Å². The van der Waals surface area contributed by atoms with Gasteiger partial charge in [-0.2, -0.15) is 0 Å². The van der Waals surface area contributed by atoms with Crippen LogP contribution in [0.5, 0.6) is 0 Å². The van der Waals surface area contributed by atoms with E-state index in [4.69, 9.17) is 9.57 Å². The molecule has 0 aromatic carbocycles. The maximum atomic E-state index is 12.5. The average Bonchev–Trinajstić information content (AvgIpc) is 3.48. The van der Waals surface area contributed by atoms with Gasteiger partial charge in [-0.3, -0.25) is 4.79 Å². The minimum atomic E-state index is -0.849. The zero-order chi connectivity index (χ0) is 27.1. The molecule has 1 aromatic rings. The van der Waals surface area contributed by atoms with Crippen molar-refractivity contribution in [3.05, 3.63) is 42.0 Å². The summed E-state index contributed by atoms with van der Waals surface area (Å²) in [6.45, 7) is 6.40. The number of esters is 1. The van der Waals surface area contributed by atoms with Gasteiger partial charge in [-0.1, -0.05) is 30.7 Å². The Morgan fingerprint density at radius 1 is 1.24 bits per heavy atom. The van der Waals surface area contributed by atoms with Crippen molar-refractivity contribution in [1.29, 1.82) is 0 Å². The zero-order valence-corrected chi connectivity index (χ0v) is 22.8. The van der Waals surface area contributed by atoms with E-state index >= 15 is 0 Å². The van der Waals surface area contributed by atoms with Crippen molar-refractivity contribution in [2.24, 2.45) is 33.7 Å². The number of imidazole rings is 1. The standard InChI is InChI=1S/C29H40N4O5/c1-27-10-7-19(33-38-16-25(34)32-24(26(35)37-4)14-20-15-30-17-31-20)13-18(27)5-6-21-22(27)8-11-28(2)23(21)9-12-29(28,3)36/h7,10,13,15,17,21-24,36H,5-6,8-9,11-12,14,16H2,1-4H3,(H,30,31)(H,32,34)/b33-19+/t21-,22+,23+,24+,27+,28+,29-/m1/s1. The molecule has 0 unspecified atom stereocenters. The molecule has 1 heterocycles. The number of aromatic amines is 1. The van der Waals surface area contributed by atoms with Crippen LogP contribution < -0.4 is 5.32 Å². The van der Waals surface area contributed by atoms with Crippen LogP contribution in [0.3, 0.4) is 0 Å². The fourth-order valence-corrected chi connectivity index (χ4v) is 7.86. The number of rotatable bonds is 7. The first-order chi connectivity index (χ1) is 18.1. The van der Waals surface area contributed by atoms with E-state index in [1.54, 1.807) is 6.20 Å². The van der Waals surface area contributed by atoms with E-state index in [0.717, 1.165) is 38.5 Å². The highest BCUT2D eigenvalue weighted by atomic mass is 16.6. The van der Waals surface area contributed by atoms with Gasteiger partial charge in [-0.05, 0) is 80.8 Å². The van der Waals surface area contributed by atoms with Crippen LogP contribution >= 0.6 is 0 Å². The Morgan fingerprint density at radius 3 is 2.76 bits per heavy atom. The van der Waals surface area contributed by atoms with Gasteiger partial charge in [0.05, 0.1) is 19.0 Å². The van der Waals surface area contributed by atoms with Crippen LogP contribution in [0.2, 0.25) is 0 Å². The maximum Gasteiger partial charge on any atom is 0.328 e. The molecule has 5 rings (SSSR count). The Labute approximate surface area is 224 Å². The van der Waals surface area contributed by atoms with Gasteiger partial charge in [0, 0.05) is 23.7 Å². The van der Waals surface area contributed by atoms with Crippen LogP contribution in [-0.2, 0) is 25.6 Å². The molecule has 4 aliphatic rings. The van der Waals surface area contributed by atoms with Crippen LogP contribution in [0, 0.1) is 28.6 Å². The first kappa shape index (κ1) is 26.7. The average molecular weight is 525 g/mol. The van der Waals surface area contributed by atoms with Crippen molar-refractivity contribution >= 4 is 17.6 Å². The van der Waals surface area contributed by atoms with E-state index < -0.39 is 23.5 Å². The molecule has 0 aliphatic heterocycles. The summed E-state index contributed by atoms with van der Waals surface area (Å²) in [5, 5.41) is 18.0. The molecule has 3 N–H and O–H groups in total. The van der Waals surface area contributed by atoms with Crippen molar-refractivity contribution < 1.29 is 24.3 Å². The maximum absolute atomic E-state index is 12.5. The van der Waals surface area contributed by atoms with Crippen LogP contribution in [0.25, 0.3) is 0 Å². The molecule has 7 atom stereocenters. The number of H-pyrrole nitrogens is 1. The van der Waals surface area contributed by atoms with E-state index in [9.17, 15) is 14.7 Å². The van der Waals surface area contributed by atoms with Crippen molar-refractivity contribution in [2.75, 3.05) is 13.7 Å². The van der Waals surface area contributed by atoms with E-state index in [1.165, 1.54) is 19.0 Å². The Bertz CT molecular complexity index is 1160. The molecule has 0 spiro atoms. The summed E-state index contributed by atoms with van der Waals surface area (Å²) in [6.07, 6.45) is 16.1. The van der Waals surface area contributed by atoms with Crippen LogP contribution in [0.15, 0.2) is 41.5 Å². The lowest BCUT2D eigenvalue weighted by Crippen LogP contribution is -2.53. The van der Waals surface area contributed by atoms with Crippen molar-refractivity contribution in [1.82, 2.24) is 15.3 Å². The van der Waals surface area contributed by atoms with Gasteiger partial charge in [0.1, 0.15) is 11.8 Å².